The van der Waals surface area contributed by atoms with Gasteiger partial charge in [0.1, 0.15) is 6.54 Å². The average molecular weight is 276 g/mol. The first-order chi connectivity index (χ1) is 9.61. The molecule has 0 radical (unpaired) electrons. The minimum absolute atomic E-state index is 0.00111. The van der Waals surface area contributed by atoms with E-state index >= 15 is 0 Å². The van der Waals surface area contributed by atoms with E-state index in [2.05, 4.69) is 6.92 Å². The molecule has 0 N–H and O–H groups in total. The van der Waals surface area contributed by atoms with Crippen LogP contribution in [0.2, 0.25) is 0 Å². The van der Waals surface area contributed by atoms with Gasteiger partial charge in [0.05, 0.1) is 5.54 Å². The summed E-state index contributed by atoms with van der Waals surface area (Å²) in [7, 11) is 0. The standard InChI is InChI=1S/C16H24N2O2/c1-2-3-17-10-14(19)18(15(17)20)16-7-11-4-12(8-16)6-13(5-11)9-16/h11-13H,2-10H2,1H3. The van der Waals surface area contributed by atoms with E-state index in [1.807, 2.05) is 0 Å². The molecule has 4 aliphatic carbocycles. The fraction of sp³-hybridized carbons (Fsp3) is 0.875. The lowest BCUT2D eigenvalue weighted by molar-refractivity contribution is -0.138. The highest BCUT2D eigenvalue weighted by Crippen LogP contribution is 2.58. The summed E-state index contributed by atoms with van der Waals surface area (Å²) in [5.41, 5.74) is -0.106. The number of hydrogen-bond acceptors (Lipinski definition) is 2. The first-order valence-corrected chi connectivity index (χ1v) is 8.23. The van der Waals surface area contributed by atoms with Gasteiger partial charge in [0.25, 0.3) is 5.91 Å². The topological polar surface area (TPSA) is 40.6 Å². The molecule has 1 saturated heterocycles. The lowest BCUT2D eigenvalue weighted by Gasteiger charge is -2.58. The Balaban J connectivity index is 1.63. The quantitative estimate of drug-likeness (QED) is 0.743. The molecule has 0 aromatic rings. The second kappa shape index (κ2) is 4.22. The Hall–Kier alpha value is -1.06. The summed E-state index contributed by atoms with van der Waals surface area (Å²) in [6.45, 7) is 3.09. The van der Waals surface area contributed by atoms with Crippen LogP contribution in [-0.4, -0.2) is 40.4 Å². The summed E-state index contributed by atoms with van der Waals surface area (Å²) in [4.78, 5) is 28.6. The molecule has 0 aromatic carbocycles. The van der Waals surface area contributed by atoms with Crippen molar-refractivity contribution in [3.8, 4) is 0 Å². The van der Waals surface area contributed by atoms with Crippen LogP contribution in [0.25, 0.3) is 0 Å². The number of amides is 3. The van der Waals surface area contributed by atoms with Crippen LogP contribution in [0.4, 0.5) is 4.79 Å². The zero-order valence-electron chi connectivity index (χ0n) is 12.3. The molecule has 4 nitrogen and oxygen atoms in total. The minimum atomic E-state index is -0.106. The van der Waals surface area contributed by atoms with Crippen molar-refractivity contribution in [2.45, 2.75) is 57.4 Å². The summed E-state index contributed by atoms with van der Waals surface area (Å²) in [6, 6.07) is -0.00111. The molecular weight excluding hydrogens is 252 g/mol. The van der Waals surface area contributed by atoms with E-state index in [0.29, 0.717) is 13.1 Å². The van der Waals surface area contributed by atoms with Crippen molar-refractivity contribution in [3.05, 3.63) is 0 Å². The Labute approximate surface area is 120 Å². The lowest BCUT2D eigenvalue weighted by Crippen LogP contribution is -2.61. The van der Waals surface area contributed by atoms with Crippen LogP contribution in [0.5, 0.6) is 0 Å². The maximum atomic E-state index is 12.7. The van der Waals surface area contributed by atoms with E-state index in [1.165, 1.54) is 19.3 Å². The van der Waals surface area contributed by atoms with Gasteiger partial charge in [0.2, 0.25) is 0 Å². The highest BCUT2D eigenvalue weighted by Gasteiger charge is 2.58. The Bertz CT molecular complexity index is 424. The van der Waals surface area contributed by atoms with Gasteiger partial charge < -0.3 is 4.90 Å². The monoisotopic (exact) mass is 276 g/mol. The molecule has 5 aliphatic rings. The van der Waals surface area contributed by atoms with Gasteiger partial charge >= 0.3 is 6.03 Å². The number of carbonyl (C=O) groups excluding carboxylic acids is 2. The van der Waals surface area contributed by atoms with Crippen LogP contribution in [0.1, 0.15) is 51.9 Å². The highest BCUT2D eigenvalue weighted by atomic mass is 16.2. The summed E-state index contributed by atoms with van der Waals surface area (Å²) < 4.78 is 0. The predicted molar refractivity (Wildman–Crippen MR) is 75.0 cm³/mol. The largest absolute Gasteiger partial charge is 0.327 e. The molecule has 1 heterocycles. The van der Waals surface area contributed by atoms with Crippen LogP contribution in [-0.2, 0) is 4.79 Å². The summed E-state index contributed by atoms with van der Waals surface area (Å²) in [5, 5.41) is 0. The van der Waals surface area contributed by atoms with Gasteiger partial charge in [0.15, 0.2) is 0 Å². The molecule has 0 unspecified atom stereocenters. The Morgan fingerprint density at radius 2 is 1.60 bits per heavy atom. The molecule has 0 aromatic heterocycles. The molecule has 110 valence electrons. The van der Waals surface area contributed by atoms with Crippen molar-refractivity contribution in [1.82, 2.24) is 9.80 Å². The predicted octanol–water partition coefficient (Wildman–Crippen LogP) is 2.63. The second-order valence-corrected chi connectivity index (χ2v) is 7.58. The molecule has 4 heteroatoms. The van der Waals surface area contributed by atoms with Crippen LogP contribution in [0, 0.1) is 17.8 Å². The van der Waals surface area contributed by atoms with Gasteiger partial charge in [-0.25, -0.2) is 4.79 Å². The molecule has 1 aliphatic heterocycles. The molecule has 4 saturated carbocycles. The van der Waals surface area contributed by atoms with Crippen LogP contribution >= 0.6 is 0 Å². The maximum absolute atomic E-state index is 12.7. The van der Waals surface area contributed by atoms with Crippen molar-refractivity contribution >= 4 is 11.9 Å². The fourth-order valence-corrected chi connectivity index (χ4v) is 5.80. The molecule has 0 spiro atoms. The third-order valence-corrected chi connectivity index (χ3v) is 6.01. The van der Waals surface area contributed by atoms with Crippen LogP contribution < -0.4 is 0 Å². The molecule has 0 atom stereocenters. The number of imide groups is 1. The Kier molecular flexibility index (Phi) is 2.67. The first-order valence-electron chi connectivity index (χ1n) is 8.23. The number of carbonyl (C=O) groups is 2. The van der Waals surface area contributed by atoms with Crippen LogP contribution in [0.15, 0.2) is 0 Å². The lowest BCUT2D eigenvalue weighted by atomic mass is 9.52. The Morgan fingerprint density at radius 3 is 2.10 bits per heavy atom. The SMILES string of the molecule is CCCN1CC(=O)N(C23CC4CC(CC(C4)C2)C3)C1=O. The molecule has 4 bridgehead atoms. The van der Waals surface area contributed by atoms with Gasteiger partial charge in [-0.2, -0.15) is 0 Å². The summed E-state index contributed by atoms with van der Waals surface area (Å²) in [5.74, 6) is 2.36. The van der Waals surface area contributed by atoms with Gasteiger partial charge in [-0.15, -0.1) is 0 Å². The molecule has 3 amide bonds. The maximum Gasteiger partial charge on any atom is 0.327 e. The molecule has 20 heavy (non-hydrogen) atoms. The van der Waals surface area contributed by atoms with Gasteiger partial charge in [-0.1, -0.05) is 6.92 Å². The van der Waals surface area contributed by atoms with E-state index in [-0.39, 0.29) is 17.5 Å². The van der Waals surface area contributed by atoms with Crippen molar-refractivity contribution < 1.29 is 9.59 Å². The number of rotatable bonds is 3. The van der Waals surface area contributed by atoms with E-state index in [4.69, 9.17) is 0 Å². The third-order valence-electron chi connectivity index (χ3n) is 6.01. The smallest absolute Gasteiger partial charge is 0.315 e. The number of nitrogens with zero attached hydrogens (tertiary/aromatic N) is 2. The normalized spacial score (nSPS) is 43.0. The Morgan fingerprint density at radius 1 is 1.05 bits per heavy atom. The fourth-order valence-electron chi connectivity index (χ4n) is 5.80. The summed E-state index contributed by atoms with van der Waals surface area (Å²) >= 11 is 0. The minimum Gasteiger partial charge on any atom is -0.315 e. The van der Waals surface area contributed by atoms with Crippen LogP contribution in [0.3, 0.4) is 0 Å². The number of urea groups is 1. The van der Waals surface area contributed by atoms with Crippen molar-refractivity contribution in [3.63, 3.8) is 0 Å². The second-order valence-electron chi connectivity index (χ2n) is 7.58. The van der Waals surface area contributed by atoms with Crippen molar-refractivity contribution in [1.29, 1.82) is 0 Å². The molecule has 5 rings (SSSR count). The van der Waals surface area contributed by atoms with Crippen molar-refractivity contribution in [2.75, 3.05) is 13.1 Å². The molecular formula is C16H24N2O2. The van der Waals surface area contributed by atoms with Gasteiger partial charge in [-0.3, -0.25) is 9.69 Å². The van der Waals surface area contributed by atoms with E-state index in [1.54, 1.807) is 9.80 Å². The van der Waals surface area contributed by atoms with E-state index in [0.717, 1.165) is 43.4 Å². The zero-order valence-corrected chi connectivity index (χ0v) is 12.3. The highest BCUT2D eigenvalue weighted by molar-refractivity contribution is 6.02. The van der Waals surface area contributed by atoms with E-state index < -0.39 is 0 Å². The molecule has 5 fully saturated rings. The van der Waals surface area contributed by atoms with Crippen molar-refractivity contribution in [2.24, 2.45) is 17.8 Å². The first kappa shape index (κ1) is 12.7. The van der Waals surface area contributed by atoms with E-state index in [9.17, 15) is 9.59 Å². The zero-order chi connectivity index (χ0) is 13.9. The van der Waals surface area contributed by atoms with Gasteiger partial charge in [-0.05, 0) is 62.7 Å². The van der Waals surface area contributed by atoms with Gasteiger partial charge in [0, 0.05) is 6.54 Å². The number of hydrogen-bond donors (Lipinski definition) is 0. The third kappa shape index (κ3) is 1.66. The average Bonchev–Trinajstić information content (AvgIpc) is 2.63. The summed E-state index contributed by atoms with van der Waals surface area (Å²) in [6.07, 6.45) is 8.19.